The Balaban J connectivity index is 1.90. The molecule has 0 aliphatic heterocycles. The van der Waals surface area contributed by atoms with Gasteiger partial charge in [0.2, 0.25) is 0 Å². The van der Waals surface area contributed by atoms with Crippen molar-refractivity contribution < 1.29 is 0 Å². The Morgan fingerprint density at radius 2 is 1.95 bits per heavy atom. The lowest BCUT2D eigenvalue weighted by Gasteiger charge is -2.11. The molecule has 0 amide bonds. The second-order valence-electron chi connectivity index (χ2n) is 4.62. The molecule has 0 saturated carbocycles. The van der Waals surface area contributed by atoms with E-state index in [2.05, 4.69) is 74.1 Å². The first-order valence-electron chi connectivity index (χ1n) is 6.70. The number of nitrogens with one attached hydrogen (secondary N) is 1. The van der Waals surface area contributed by atoms with Gasteiger partial charge in [-0.25, -0.2) is 4.98 Å². The summed E-state index contributed by atoms with van der Waals surface area (Å²) >= 11 is 3.60. The van der Waals surface area contributed by atoms with Gasteiger partial charge >= 0.3 is 0 Å². The Hall–Kier alpha value is -1.81. The number of fused-ring (bicyclic) bond motifs is 1. The van der Waals surface area contributed by atoms with Gasteiger partial charge in [0, 0.05) is 34.5 Å². The number of anilines is 1. The van der Waals surface area contributed by atoms with Crippen molar-refractivity contribution in [1.82, 2.24) is 9.55 Å². The second-order valence-corrected chi connectivity index (χ2v) is 5.48. The number of imidazole rings is 1. The van der Waals surface area contributed by atoms with E-state index in [4.69, 9.17) is 0 Å². The summed E-state index contributed by atoms with van der Waals surface area (Å²) in [6, 6.07) is 12.6. The van der Waals surface area contributed by atoms with Crippen LogP contribution in [0, 0.1) is 0 Å². The molecule has 0 aliphatic carbocycles. The highest BCUT2D eigenvalue weighted by molar-refractivity contribution is 9.10. The van der Waals surface area contributed by atoms with Crippen LogP contribution in [0.1, 0.15) is 12.7 Å². The highest BCUT2D eigenvalue weighted by Crippen LogP contribution is 2.30. The van der Waals surface area contributed by atoms with Crippen LogP contribution in [0.4, 0.5) is 5.69 Å². The van der Waals surface area contributed by atoms with Crippen LogP contribution in [-0.2, 0) is 13.1 Å². The van der Waals surface area contributed by atoms with E-state index in [-0.39, 0.29) is 0 Å². The molecular formula is C16H16BrN3. The molecular weight excluding hydrogens is 314 g/mol. The number of hydrogen-bond donors (Lipinski definition) is 1. The molecule has 0 atom stereocenters. The molecule has 0 fully saturated rings. The standard InChI is InChI=1S/C16H16BrN3/c1-2-20-10-9-18-16(20)11-19-15-8-7-14(17)12-5-3-4-6-13(12)15/h3-10,19H,2,11H2,1H3. The smallest absolute Gasteiger partial charge is 0.128 e. The Morgan fingerprint density at radius 1 is 1.15 bits per heavy atom. The van der Waals surface area contributed by atoms with Crippen molar-refractivity contribution in [1.29, 1.82) is 0 Å². The van der Waals surface area contributed by atoms with Crippen LogP contribution in [0.2, 0.25) is 0 Å². The summed E-state index contributed by atoms with van der Waals surface area (Å²) in [6.45, 7) is 3.80. The molecule has 0 radical (unpaired) electrons. The SMILES string of the molecule is CCn1ccnc1CNc1ccc(Br)c2ccccc12. The lowest BCUT2D eigenvalue weighted by molar-refractivity contribution is 0.708. The molecule has 3 rings (SSSR count). The topological polar surface area (TPSA) is 29.9 Å². The molecule has 0 bridgehead atoms. The molecule has 0 spiro atoms. The number of hydrogen-bond acceptors (Lipinski definition) is 2. The summed E-state index contributed by atoms with van der Waals surface area (Å²) in [4.78, 5) is 4.39. The van der Waals surface area contributed by atoms with Crippen LogP contribution in [-0.4, -0.2) is 9.55 Å². The second kappa shape index (κ2) is 5.67. The van der Waals surface area contributed by atoms with Crippen molar-refractivity contribution in [2.45, 2.75) is 20.0 Å². The molecule has 3 aromatic rings. The van der Waals surface area contributed by atoms with Gasteiger partial charge in [-0.05, 0) is 24.4 Å². The van der Waals surface area contributed by atoms with Gasteiger partial charge in [0.25, 0.3) is 0 Å². The maximum absolute atomic E-state index is 4.39. The molecule has 102 valence electrons. The molecule has 20 heavy (non-hydrogen) atoms. The Morgan fingerprint density at radius 3 is 2.75 bits per heavy atom. The zero-order valence-corrected chi connectivity index (χ0v) is 12.9. The molecule has 0 aliphatic rings. The summed E-state index contributed by atoms with van der Waals surface area (Å²) < 4.78 is 3.27. The Bertz CT molecular complexity index is 733. The van der Waals surface area contributed by atoms with E-state index in [1.165, 1.54) is 10.8 Å². The quantitative estimate of drug-likeness (QED) is 0.767. The third kappa shape index (κ3) is 2.43. The van der Waals surface area contributed by atoms with Crippen LogP contribution >= 0.6 is 15.9 Å². The summed E-state index contributed by atoms with van der Waals surface area (Å²) in [5, 5.41) is 5.93. The molecule has 0 unspecified atom stereocenters. The maximum Gasteiger partial charge on any atom is 0.128 e. The number of aryl methyl sites for hydroxylation is 1. The average molecular weight is 330 g/mol. The zero-order chi connectivity index (χ0) is 13.9. The van der Waals surface area contributed by atoms with Gasteiger partial charge in [0.1, 0.15) is 5.82 Å². The van der Waals surface area contributed by atoms with Crippen molar-refractivity contribution in [2.75, 3.05) is 5.32 Å². The van der Waals surface area contributed by atoms with Crippen LogP contribution < -0.4 is 5.32 Å². The first-order valence-corrected chi connectivity index (χ1v) is 7.50. The molecule has 1 heterocycles. The van der Waals surface area contributed by atoms with E-state index < -0.39 is 0 Å². The van der Waals surface area contributed by atoms with Crippen molar-refractivity contribution >= 4 is 32.4 Å². The van der Waals surface area contributed by atoms with Crippen LogP contribution in [0.25, 0.3) is 10.8 Å². The zero-order valence-electron chi connectivity index (χ0n) is 11.3. The van der Waals surface area contributed by atoms with Gasteiger partial charge in [0.15, 0.2) is 0 Å². The summed E-state index contributed by atoms with van der Waals surface area (Å²) in [5.41, 5.74) is 1.13. The molecule has 0 saturated heterocycles. The van der Waals surface area contributed by atoms with Gasteiger partial charge in [-0.3, -0.25) is 0 Å². The fourth-order valence-corrected chi connectivity index (χ4v) is 2.86. The minimum atomic E-state index is 0.729. The van der Waals surface area contributed by atoms with E-state index in [0.29, 0.717) is 0 Å². The third-order valence-electron chi connectivity index (χ3n) is 3.45. The number of nitrogens with zero attached hydrogens (tertiary/aromatic N) is 2. The lowest BCUT2D eigenvalue weighted by atomic mass is 10.1. The molecule has 2 aromatic carbocycles. The average Bonchev–Trinajstić information content (AvgIpc) is 2.94. The first kappa shape index (κ1) is 13.2. The number of rotatable bonds is 4. The Kier molecular flexibility index (Phi) is 3.74. The fraction of sp³-hybridized carbons (Fsp3) is 0.188. The van der Waals surface area contributed by atoms with E-state index in [0.717, 1.165) is 29.1 Å². The first-order chi connectivity index (χ1) is 9.79. The fourth-order valence-electron chi connectivity index (χ4n) is 2.39. The van der Waals surface area contributed by atoms with Crippen molar-refractivity contribution in [3.8, 4) is 0 Å². The minimum Gasteiger partial charge on any atom is -0.377 e. The van der Waals surface area contributed by atoms with Crippen molar-refractivity contribution in [2.24, 2.45) is 0 Å². The van der Waals surface area contributed by atoms with Gasteiger partial charge in [-0.1, -0.05) is 40.2 Å². The molecule has 3 nitrogen and oxygen atoms in total. The van der Waals surface area contributed by atoms with E-state index in [1.807, 2.05) is 12.4 Å². The molecule has 4 heteroatoms. The largest absolute Gasteiger partial charge is 0.377 e. The normalized spacial score (nSPS) is 10.9. The monoisotopic (exact) mass is 329 g/mol. The third-order valence-corrected chi connectivity index (χ3v) is 4.14. The van der Waals surface area contributed by atoms with Gasteiger partial charge in [0.05, 0.1) is 6.54 Å². The minimum absolute atomic E-state index is 0.729. The van der Waals surface area contributed by atoms with Gasteiger partial charge < -0.3 is 9.88 Å². The highest BCUT2D eigenvalue weighted by atomic mass is 79.9. The summed E-state index contributed by atoms with van der Waals surface area (Å²) in [5.74, 6) is 1.06. The molecule has 1 N–H and O–H groups in total. The lowest BCUT2D eigenvalue weighted by Crippen LogP contribution is -2.07. The predicted octanol–water partition coefficient (Wildman–Crippen LogP) is 4.43. The number of aromatic nitrogens is 2. The van der Waals surface area contributed by atoms with E-state index in [1.54, 1.807) is 0 Å². The summed E-state index contributed by atoms with van der Waals surface area (Å²) in [6.07, 6.45) is 3.86. The number of benzene rings is 2. The molecule has 1 aromatic heterocycles. The summed E-state index contributed by atoms with van der Waals surface area (Å²) in [7, 11) is 0. The van der Waals surface area contributed by atoms with E-state index in [9.17, 15) is 0 Å². The van der Waals surface area contributed by atoms with Crippen LogP contribution in [0.15, 0.2) is 53.3 Å². The van der Waals surface area contributed by atoms with Crippen molar-refractivity contribution in [3.63, 3.8) is 0 Å². The van der Waals surface area contributed by atoms with Crippen LogP contribution in [0.3, 0.4) is 0 Å². The predicted molar refractivity (Wildman–Crippen MR) is 86.9 cm³/mol. The van der Waals surface area contributed by atoms with Crippen LogP contribution in [0.5, 0.6) is 0 Å². The van der Waals surface area contributed by atoms with Gasteiger partial charge in [-0.15, -0.1) is 0 Å². The van der Waals surface area contributed by atoms with Crippen molar-refractivity contribution in [3.05, 3.63) is 59.1 Å². The maximum atomic E-state index is 4.39. The Labute approximate surface area is 126 Å². The number of halogens is 1. The highest BCUT2D eigenvalue weighted by Gasteiger charge is 2.05. The van der Waals surface area contributed by atoms with E-state index >= 15 is 0 Å². The van der Waals surface area contributed by atoms with Gasteiger partial charge in [-0.2, -0.15) is 0 Å².